The van der Waals surface area contributed by atoms with Crippen molar-refractivity contribution >= 4 is 16.8 Å². The van der Waals surface area contributed by atoms with Crippen LogP contribution in [0.5, 0.6) is 0 Å². The normalized spacial score (nSPS) is 20.7. The van der Waals surface area contributed by atoms with Crippen LogP contribution >= 0.6 is 0 Å². The van der Waals surface area contributed by atoms with Gasteiger partial charge in [0.2, 0.25) is 0 Å². The van der Waals surface area contributed by atoms with E-state index in [4.69, 9.17) is 4.74 Å². The van der Waals surface area contributed by atoms with Crippen LogP contribution in [0.15, 0.2) is 30.5 Å². The number of ketones is 1. The zero-order valence-electron chi connectivity index (χ0n) is 9.30. The van der Waals surface area contributed by atoms with Gasteiger partial charge in [0.15, 0.2) is 0 Å². The van der Waals surface area contributed by atoms with Crippen LogP contribution in [-0.2, 0) is 9.53 Å². The highest BCUT2D eigenvalue weighted by Gasteiger charge is 2.23. The summed E-state index contributed by atoms with van der Waals surface area (Å²) in [6, 6.07) is 7.68. The maximum Gasteiger partial charge on any atom is 0.138 e. The van der Waals surface area contributed by atoms with Crippen molar-refractivity contribution in [2.45, 2.75) is 18.9 Å². The number of benzene rings is 1. The van der Waals surface area contributed by atoms with Gasteiger partial charge in [0.25, 0.3) is 0 Å². The van der Waals surface area contributed by atoms with Gasteiger partial charge in [0.05, 0.1) is 29.5 Å². The molecule has 17 heavy (non-hydrogen) atoms. The van der Waals surface area contributed by atoms with E-state index in [1.165, 1.54) is 0 Å². The molecular weight excluding hydrogens is 216 g/mol. The zero-order valence-corrected chi connectivity index (χ0v) is 9.30. The molecule has 2 aromatic rings. The summed E-state index contributed by atoms with van der Waals surface area (Å²) in [6.45, 7) is 0.484. The molecule has 86 valence electrons. The molecular formula is C13H12N2O2. The van der Waals surface area contributed by atoms with Gasteiger partial charge in [-0.25, -0.2) is 4.98 Å². The molecule has 0 aliphatic carbocycles. The Balaban J connectivity index is 1.97. The minimum atomic E-state index is -0.228. The topological polar surface area (TPSA) is 52.1 Å². The number of Topliss-reactive ketones (excluding diaryl/α,β-unsaturated/α-hetero) is 1. The van der Waals surface area contributed by atoms with Crippen LogP contribution in [-0.4, -0.2) is 22.4 Å². The van der Waals surface area contributed by atoms with Gasteiger partial charge in [0.1, 0.15) is 11.9 Å². The number of rotatable bonds is 1. The monoisotopic (exact) mass is 228 g/mol. The van der Waals surface area contributed by atoms with Crippen molar-refractivity contribution in [2.75, 3.05) is 6.61 Å². The summed E-state index contributed by atoms with van der Waals surface area (Å²) in [7, 11) is 0. The number of carbonyl (C=O) groups is 1. The first-order valence-corrected chi connectivity index (χ1v) is 5.68. The molecule has 2 heterocycles. The summed E-state index contributed by atoms with van der Waals surface area (Å²) >= 11 is 0. The van der Waals surface area contributed by atoms with Crippen molar-refractivity contribution in [2.24, 2.45) is 0 Å². The third-order valence-electron chi connectivity index (χ3n) is 2.91. The van der Waals surface area contributed by atoms with E-state index in [1.54, 1.807) is 6.20 Å². The van der Waals surface area contributed by atoms with Gasteiger partial charge >= 0.3 is 0 Å². The largest absolute Gasteiger partial charge is 0.371 e. The Morgan fingerprint density at radius 1 is 1.24 bits per heavy atom. The molecule has 0 radical (unpaired) electrons. The van der Waals surface area contributed by atoms with E-state index >= 15 is 0 Å². The summed E-state index contributed by atoms with van der Waals surface area (Å²) in [5, 5.41) is 0. The minimum absolute atomic E-state index is 0.228. The summed E-state index contributed by atoms with van der Waals surface area (Å²) in [4.78, 5) is 20.2. The summed E-state index contributed by atoms with van der Waals surface area (Å²) in [5.41, 5.74) is 2.45. The van der Waals surface area contributed by atoms with Crippen LogP contribution in [0.2, 0.25) is 0 Å². The maximum atomic E-state index is 11.4. The van der Waals surface area contributed by atoms with Crippen LogP contribution in [0.4, 0.5) is 0 Å². The fourth-order valence-corrected chi connectivity index (χ4v) is 2.00. The van der Waals surface area contributed by atoms with Gasteiger partial charge in [-0.1, -0.05) is 12.1 Å². The minimum Gasteiger partial charge on any atom is -0.371 e. The van der Waals surface area contributed by atoms with Gasteiger partial charge < -0.3 is 4.74 Å². The Bertz CT molecular complexity index is 568. The van der Waals surface area contributed by atoms with Crippen molar-refractivity contribution in [1.29, 1.82) is 0 Å². The molecule has 1 fully saturated rings. The number of fused-ring (bicyclic) bond motifs is 1. The number of para-hydroxylation sites is 2. The van der Waals surface area contributed by atoms with E-state index in [1.807, 2.05) is 24.3 Å². The third-order valence-corrected chi connectivity index (χ3v) is 2.91. The molecule has 0 bridgehead atoms. The smallest absolute Gasteiger partial charge is 0.138 e. The second-order valence-electron chi connectivity index (χ2n) is 4.14. The number of ether oxygens (including phenoxy) is 1. The van der Waals surface area contributed by atoms with Crippen LogP contribution in [0.3, 0.4) is 0 Å². The average molecular weight is 228 g/mol. The second-order valence-corrected chi connectivity index (χ2v) is 4.14. The summed E-state index contributed by atoms with van der Waals surface area (Å²) in [5.74, 6) is 0.233. The van der Waals surface area contributed by atoms with E-state index in [9.17, 15) is 4.79 Å². The zero-order chi connectivity index (χ0) is 11.7. The van der Waals surface area contributed by atoms with Gasteiger partial charge in [-0.2, -0.15) is 0 Å². The van der Waals surface area contributed by atoms with Gasteiger partial charge in [-0.15, -0.1) is 0 Å². The van der Waals surface area contributed by atoms with Crippen molar-refractivity contribution in [3.05, 3.63) is 36.2 Å². The lowest BCUT2D eigenvalue weighted by Crippen LogP contribution is -2.20. The molecule has 1 atom stereocenters. The average Bonchev–Trinajstić information content (AvgIpc) is 2.38. The first-order valence-electron chi connectivity index (χ1n) is 5.68. The van der Waals surface area contributed by atoms with E-state index in [2.05, 4.69) is 9.97 Å². The van der Waals surface area contributed by atoms with Gasteiger partial charge in [-0.05, 0) is 12.1 Å². The van der Waals surface area contributed by atoms with E-state index in [-0.39, 0.29) is 11.9 Å². The van der Waals surface area contributed by atoms with E-state index in [0.717, 1.165) is 16.7 Å². The van der Waals surface area contributed by atoms with E-state index < -0.39 is 0 Å². The number of hydrogen-bond acceptors (Lipinski definition) is 4. The number of hydrogen-bond donors (Lipinski definition) is 0. The lowest BCUT2D eigenvalue weighted by Gasteiger charge is -2.21. The maximum absolute atomic E-state index is 11.4. The van der Waals surface area contributed by atoms with Crippen LogP contribution < -0.4 is 0 Å². The standard InChI is InChI=1S/C13H12N2O2/c16-9-5-6-17-13(7-9)12-8-14-10-3-1-2-4-11(10)15-12/h1-4,8,13H,5-7H2. The molecule has 1 aromatic carbocycles. The molecule has 1 aliphatic heterocycles. The Kier molecular flexibility index (Phi) is 2.57. The third kappa shape index (κ3) is 2.03. The van der Waals surface area contributed by atoms with Crippen molar-refractivity contribution in [3.8, 4) is 0 Å². The first kappa shape index (κ1) is 10.4. The number of nitrogens with zero attached hydrogens (tertiary/aromatic N) is 2. The van der Waals surface area contributed by atoms with E-state index in [0.29, 0.717) is 19.4 Å². The Morgan fingerprint density at radius 2 is 2.06 bits per heavy atom. The molecule has 0 amide bonds. The molecule has 1 aromatic heterocycles. The quantitative estimate of drug-likeness (QED) is 0.749. The lowest BCUT2D eigenvalue weighted by molar-refractivity contribution is -0.128. The van der Waals surface area contributed by atoms with Crippen LogP contribution in [0, 0.1) is 0 Å². The molecule has 1 saturated heterocycles. The number of aromatic nitrogens is 2. The van der Waals surface area contributed by atoms with Crippen molar-refractivity contribution in [3.63, 3.8) is 0 Å². The molecule has 4 nitrogen and oxygen atoms in total. The molecule has 3 rings (SSSR count). The predicted molar refractivity (Wildman–Crippen MR) is 62.5 cm³/mol. The second kappa shape index (κ2) is 4.22. The predicted octanol–water partition coefficient (Wildman–Crippen LogP) is 2.05. The Morgan fingerprint density at radius 3 is 2.88 bits per heavy atom. The first-order chi connectivity index (χ1) is 8.33. The molecule has 0 spiro atoms. The summed E-state index contributed by atoms with van der Waals surface area (Å²) in [6.07, 6.45) is 2.39. The highest BCUT2D eigenvalue weighted by Crippen LogP contribution is 2.25. The van der Waals surface area contributed by atoms with Crippen LogP contribution in [0.1, 0.15) is 24.6 Å². The highest BCUT2D eigenvalue weighted by atomic mass is 16.5. The SMILES string of the molecule is O=C1CCOC(c2cnc3ccccc3n2)C1. The number of carbonyl (C=O) groups excluding carboxylic acids is 1. The molecule has 4 heteroatoms. The van der Waals surface area contributed by atoms with Crippen LogP contribution in [0.25, 0.3) is 11.0 Å². The molecule has 1 aliphatic rings. The van der Waals surface area contributed by atoms with Crippen molar-refractivity contribution in [1.82, 2.24) is 9.97 Å². The van der Waals surface area contributed by atoms with Gasteiger partial charge in [-0.3, -0.25) is 9.78 Å². The Labute approximate surface area is 98.6 Å². The van der Waals surface area contributed by atoms with Crippen molar-refractivity contribution < 1.29 is 9.53 Å². The molecule has 1 unspecified atom stereocenters. The lowest BCUT2D eigenvalue weighted by atomic mass is 10.1. The fourth-order valence-electron chi connectivity index (χ4n) is 2.00. The molecule has 0 saturated carbocycles. The molecule has 0 N–H and O–H groups in total. The highest BCUT2D eigenvalue weighted by molar-refractivity contribution is 5.80. The fraction of sp³-hybridized carbons (Fsp3) is 0.308. The Hall–Kier alpha value is -1.81. The summed E-state index contributed by atoms with van der Waals surface area (Å²) < 4.78 is 5.56. The van der Waals surface area contributed by atoms with Gasteiger partial charge in [0, 0.05) is 12.8 Å².